The molecule has 0 N–H and O–H groups in total. The molecule has 1 nitrogen and oxygen atoms in total. The molecule has 0 saturated carbocycles. The molecule has 0 radical (unpaired) electrons. The molecule has 8 heteroatoms. The average molecular weight is 321 g/mol. The Hall–Kier alpha value is -0.690. The molecule has 0 aliphatic heterocycles. The SMILES string of the molecule is FC(F)Oc1c(CCCCl)cccc1SC(F)(F)F. The number of ether oxygens (including phenoxy) is 1. The minimum atomic E-state index is -4.56. The van der Waals surface area contributed by atoms with Crippen LogP contribution >= 0.6 is 23.4 Å². The third-order valence-corrected chi connectivity index (χ3v) is 3.11. The lowest BCUT2D eigenvalue weighted by Gasteiger charge is -2.15. The Morgan fingerprint density at radius 1 is 1.26 bits per heavy atom. The van der Waals surface area contributed by atoms with E-state index in [4.69, 9.17) is 11.6 Å². The van der Waals surface area contributed by atoms with Crippen molar-refractivity contribution in [3.05, 3.63) is 23.8 Å². The first-order valence-electron chi connectivity index (χ1n) is 5.22. The van der Waals surface area contributed by atoms with E-state index in [1.807, 2.05) is 0 Å². The summed E-state index contributed by atoms with van der Waals surface area (Å²) < 4.78 is 65.8. The molecule has 0 aliphatic carbocycles. The van der Waals surface area contributed by atoms with E-state index in [2.05, 4.69) is 4.74 Å². The van der Waals surface area contributed by atoms with Crippen molar-refractivity contribution in [1.29, 1.82) is 0 Å². The van der Waals surface area contributed by atoms with Gasteiger partial charge in [0.1, 0.15) is 5.75 Å². The topological polar surface area (TPSA) is 9.23 Å². The van der Waals surface area contributed by atoms with Gasteiger partial charge in [0.15, 0.2) is 0 Å². The standard InChI is InChI=1S/C11H10ClF5OS/c12-6-2-4-7-3-1-5-8(19-11(15,16)17)9(7)18-10(13)14/h1,3,5,10H,2,4,6H2. The summed E-state index contributed by atoms with van der Waals surface area (Å²) in [6.07, 6.45) is 0.735. The fraction of sp³-hybridized carbons (Fsp3) is 0.455. The van der Waals surface area contributed by atoms with Gasteiger partial charge >= 0.3 is 12.1 Å². The lowest BCUT2D eigenvalue weighted by Crippen LogP contribution is -2.08. The second-order valence-corrected chi connectivity index (χ2v) is 4.95. The second-order valence-electron chi connectivity index (χ2n) is 3.46. The fourth-order valence-corrected chi connectivity index (χ4v) is 2.24. The Labute approximate surface area is 116 Å². The molecule has 1 rings (SSSR count). The van der Waals surface area contributed by atoms with Gasteiger partial charge in [0.05, 0.1) is 4.90 Å². The maximum atomic E-state index is 12.3. The third-order valence-electron chi connectivity index (χ3n) is 2.07. The molecule has 0 fully saturated rings. The Bertz CT molecular complexity index is 411. The number of benzene rings is 1. The van der Waals surface area contributed by atoms with Crippen LogP contribution in [0.25, 0.3) is 0 Å². The van der Waals surface area contributed by atoms with Crippen LogP contribution in [0.2, 0.25) is 0 Å². The summed E-state index contributed by atoms with van der Waals surface area (Å²) >= 11 is 5.01. The summed E-state index contributed by atoms with van der Waals surface area (Å²) in [5.41, 5.74) is -4.28. The summed E-state index contributed by atoms with van der Waals surface area (Å²) in [5, 5.41) is 0. The van der Waals surface area contributed by atoms with Crippen LogP contribution in [0.4, 0.5) is 22.0 Å². The van der Waals surface area contributed by atoms with Crippen molar-refractivity contribution in [3.8, 4) is 5.75 Å². The smallest absolute Gasteiger partial charge is 0.433 e. The minimum Gasteiger partial charge on any atom is -0.433 e. The zero-order valence-corrected chi connectivity index (χ0v) is 11.1. The second kappa shape index (κ2) is 7.19. The molecule has 0 spiro atoms. The Morgan fingerprint density at radius 3 is 2.47 bits per heavy atom. The molecule has 0 unspecified atom stereocenters. The molecule has 0 aromatic heterocycles. The molecule has 0 atom stereocenters. The molecule has 1 aromatic rings. The van der Waals surface area contributed by atoms with Gasteiger partial charge in [-0.2, -0.15) is 22.0 Å². The van der Waals surface area contributed by atoms with Crippen molar-refractivity contribution >= 4 is 23.4 Å². The number of hydrogen-bond acceptors (Lipinski definition) is 2. The van der Waals surface area contributed by atoms with Crippen molar-refractivity contribution < 1.29 is 26.7 Å². The van der Waals surface area contributed by atoms with Crippen LogP contribution in [-0.2, 0) is 6.42 Å². The molecule has 108 valence electrons. The van der Waals surface area contributed by atoms with Gasteiger partial charge in [-0.15, -0.1) is 11.6 Å². The van der Waals surface area contributed by atoms with Gasteiger partial charge in [0.2, 0.25) is 0 Å². The summed E-state index contributed by atoms with van der Waals surface area (Å²) in [4.78, 5) is -0.375. The fourth-order valence-electron chi connectivity index (χ4n) is 1.44. The first-order chi connectivity index (χ1) is 8.83. The zero-order valence-electron chi connectivity index (χ0n) is 9.52. The van der Waals surface area contributed by atoms with Gasteiger partial charge in [-0.3, -0.25) is 0 Å². The number of hydrogen-bond donors (Lipinski definition) is 0. The zero-order chi connectivity index (χ0) is 14.5. The Morgan fingerprint density at radius 2 is 1.95 bits per heavy atom. The van der Waals surface area contributed by atoms with E-state index in [1.54, 1.807) is 0 Å². The summed E-state index contributed by atoms with van der Waals surface area (Å²) in [7, 11) is 0. The predicted octanol–water partition coefficient (Wildman–Crippen LogP) is 5.07. The van der Waals surface area contributed by atoms with Crippen molar-refractivity contribution in [2.24, 2.45) is 0 Å². The lowest BCUT2D eigenvalue weighted by molar-refractivity contribution is -0.0533. The summed E-state index contributed by atoms with van der Waals surface area (Å²) in [6.45, 7) is -3.18. The highest BCUT2D eigenvalue weighted by Crippen LogP contribution is 2.43. The number of aryl methyl sites for hydroxylation is 1. The first-order valence-corrected chi connectivity index (χ1v) is 6.57. The Kier molecular flexibility index (Phi) is 6.19. The van der Waals surface area contributed by atoms with Crippen LogP contribution in [0.5, 0.6) is 5.75 Å². The average Bonchev–Trinajstić information content (AvgIpc) is 2.27. The van der Waals surface area contributed by atoms with E-state index < -0.39 is 29.6 Å². The largest absolute Gasteiger partial charge is 0.446 e. The molecule has 0 saturated heterocycles. The maximum absolute atomic E-state index is 12.3. The molecular formula is C11H10ClF5OS. The van der Waals surface area contributed by atoms with E-state index in [0.29, 0.717) is 6.42 Å². The highest BCUT2D eigenvalue weighted by molar-refractivity contribution is 8.00. The molecular weight excluding hydrogens is 311 g/mol. The van der Waals surface area contributed by atoms with Gasteiger partial charge in [-0.05, 0) is 36.2 Å². The first kappa shape index (κ1) is 16.4. The molecule has 0 bridgehead atoms. The van der Waals surface area contributed by atoms with Gasteiger partial charge in [-0.1, -0.05) is 12.1 Å². The minimum absolute atomic E-state index is 0.276. The van der Waals surface area contributed by atoms with E-state index in [0.717, 1.165) is 6.07 Å². The van der Waals surface area contributed by atoms with Gasteiger partial charge < -0.3 is 4.74 Å². The third kappa shape index (κ3) is 5.86. The van der Waals surface area contributed by atoms with Crippen molar-refractivity contribution in [2.45, 2.75) is 29.9 Å². The van der Waals surface area contributed by atoms with E-state index in [9.17, 15) is 22.0 Å². The van der Waals surface area contributed by atoms with E-state index in [1.165, 1.54) is 12.1 Å². The van der Waals surface area contributed by atoms with Gasteiger partial charge in [0, 0.05) is 5.88 Å². The van der Waals surface area contributed by atoms with Crippen LogP contribution in [0, 0.1) is 0 Å². The summed E-state index contributed by atoms with van der Waals surface area (Å²) in [6, 6.07) is 3.92. The predicted molar refractivity (Wildman–Crippen MR) is 64.0 cm³/mol. The van der Waals surface area contributed by atoms with Crippen LogP contribution in [0.3, 0.4) is 0 Å². The molecule has 0 amide bonds. The Balaban J connectivity index is 3.06. The number of para-hydroxylation sites is 1. The van der Waals surface area contributed by atoms with Gasteiger partial charge in [-0.25, -0.2) is 0 Å². The quantitative estimate of drug-likeness (QED) is 0.411. The van der Waals surface area contributed by atoms with Crippen molar-refractivity contribution in [1.82, 2.24) is 0 Å². The number of thioether (sulfide) groups is 1. The molecule has 19 heavy (non-hydrogen) atoms. The number of rotatable bonds is 6. The summed E-state index contributed by atoms with van der Waals surface area (Å²) in [5.74, 6) is -0.143. The van der Waals surface area contributed by atoms with Crippen LogP contribution in [-0.4, -0.2) is 18.0 Å². The highest BCUT2D eigenvalue weighted by atomic mass is 35.5. The van der Waals surface area contributed by atoms with E-state index in [-0.39, 0.29) is 22.8 Å². The van der Waals surface area contributed by atoms with E-state index >= 15 is 0 Å². The normalized spacial score (nSPS) is 11.9. The van der Waals surface area contributed by atoms with Crippen LogP contribution < -0.4 is 4.74 Å². The molecule has 0 heterocycles. The van der Waals surface area contributed by atoms with Crippen molar-refractivity contribution in [2.75, 3.05) is 5.88 Å². The van der Waals surface area contributed by atoms with Crippen LogP contribution in [0.1, 0.15) is 12.0 Å². The highest BCUT2D eigenvalue weighted by Gasteiger charge is 2.31. The molecule has 1 aromatic carbocycles. The van der Waals surface area contributed by atoms with Crippen molar-refractivity contribution in [3.63, 3.8) is 0 Å². The number of halogens is 6. The maximum Gasteiger partial charge on any atom is 0.446 e. The van der Waals surface area contributed by atoms with Crippen LogP contribution in [0.15, 0.2) is 23.1 Å². The lowest BCUT2D eigenvalue weighted by atomic mass is 10.1. The molecule has 0 aliphatic rings. The van der Waals surface area contributed by atoms with Gasteiger partial charge in [0.25, 0.3) is 0 Å². The number of alkyl halides is 6. The monoisotopic (exact) mass is 320 g/mol.